The predicted octanol–water partition coefficient (Wildman–Crippen LogP) is 2.51. The van der Waals surface area contributed by atoms with E-state index in [1.807, 2.05) is 0 Å². The fourth-order valence-electron chi connectivity index (χ4n) is 1.66. The molecular formula is C14H12O4S. The molecule has 0 bridgehead atoms. The second-order valence-corrected chi connectivity index (χ2v) is 4.80. The summed E-state index contributed by atoms with van der Waals surface area (Å²) in [7, 11) is 1.55. The van der Waals surface area contributed by atoms with Crippen molar-refractivity contribution in [3.8, 4) is 5.75 Å². The minimum atomic E-state index is -2.09. The van der Waals surface area contributed by atoms with Crippen LogP contribution in [0.5, 0.6) is 5.75 Å². The first-order chi connectivity index (χ1) is 9.11. The normalized spacial score (nSPS) is 11.9. The van der Waals surface area contributed by atoms with Gasteiger partial charge >= 0.3 is 0 Å². The van der Waals surface area contributed by atoms with Crippen LogP contribution in [0.2, 0.25) is 0 Å². The highest BCUT2D eigenvalue weighted by Gasteiger charge is 2.11. The molecule has 1 N–H and O–H groups in total. The SMILES string of the molecule is COc1ccc(C(=O)c2cccc(S(=O)O)c2)cc1. The van der Waals surface area contributed by atoms with Crippen molar-refractivity contribution >= 4 is 16.9 Å². The topological polar surface area (TPSA) is 63.6 Å². The molecule has 2 aromatic carbocycles. The number of carbonyl (C=O) groups excluding carboxylic acids is 1. The molecule has 5 heteroatoms. The van der Waals surface area contributed by atoms with Crippen LogP contribution in [0, 0.1) is 0 Å². The van der Waals surface area contributed by atoms with Gasteiger partial charge in [0.25, 0.3) is 0 Å². The smallest absolute Gasteiger partial charge is 0.193 e. The molecule has 0 amide bonds. The fraction of sp³-hybridized carbons (Fsp3) is 0.0714. The van der Waals surface area contributed by atoms with Crippen molar-refractivity contribution < 1.29 is 18.3 Å². The van der Waals surface area contributed by atoms with Gasteiger partial charge in [0.1, 0.15) is 5.75 Å². The molecule has 0 aliphatic heterocycles. The average molecular weight is 276 g/mol. The Labute approximate surface area is 113 Å². The Morgan fingerprint density at radius 3 is 2.37 bits per heavy atom. The van der Waals surface area contributed by atoms with Crippen LogP contribution < -0.4 is 4.74 Å². The molecule has 0 saturated carbocycles. The molecule has 4 nitrogen and oxygen atoms in total. The van der Waals surface area contributed by atoms with Gasteiger partial charge in [-0.1, -0.05) is 12.1 Å². The summed E-state index contributed by atoms with van der Waals surface area (Å²) in [5.41, 5.74) is 0.881. The number of rotatable bonds is 4. The molecule has 0 aliphatic carbocycles. The zero-order valence-corrected chi connectivity index (χ0v) is 11.0. The first kappa shape index (κ1) is 13.5. The molecule has 0 aromatic heterocycles. The number of carbonyl (C=O) groups is 1. The predicted molar refractivity (Wildman–Crippen MR) is 71.9 cm³/mol. The minimum Gasteiger partial charge on any atom is -0.497 e. The number of benzene rings is 2. The van der Waals surface area contributed by atoms with Gasteiger partial charge in [0.05, 0.1) is 12.0 Å². The van der Waals surface area contributed by atoms with Gasteiger partial charge in [-0.3, -0.25) is 4.79 Å². The molecule has 0 spiro atoms. The molecule has 0 radical (unpaired) electrons. The third-order valence-electron chi connectivity index (χ3n) is 2.65. The Kier molecular flexibility index (Phi) is 4.09. The minimum absolute atomic E-state index is 0.199. The van der Waals surface area contributed by atoms with E-state index in [1.165, 1.54) is 12.1 Å². The first-order valence-corrected chi connectivity index (χ1v) is 6.62. The van der Waals surface area contributed by atoms with Crippen LogP contribution >= 0.6 is 0 Å². The average Bonchev–Trinajstić information content (AvgIpc) is 2.46. The number of ketones is 1. The van der Waals surface area contributed by atoms with Crippen molar-refractivity contribution in [2.24, 2.45) is 0 Å². The largest absolute Gasteiger partial charge is 0.497 e. The number of hydrogen-bond donors (Lipinski definition) is 1. The van der Waals surface area contributed by atoms with E-state index in [0.717, 1.165) is 0 Å². The lowest BCUT2D eigenvalue weighted by molar-refractivity contribution is 0.103. The highest BCUT2D eigenvalue weighted by atomic mass is 32.2. The summed E-state index contributed by atoms with van der Waals surface area (Å²) < 4.78 is 25.0. The Morgan fingerprint density at radius 1 is 1.11 bits per heavy atom. The van der Waals surface area contributed by atoms with E-state index in [1.54, 1.807) is 43.5 Å². The van der Waals surface area contributed by atoms with E-state index in [0.29, 0.717) is 16.9 Å². The molecule has 0 heterocycles. The number of methoxy groups -OCH3 is 1. The second-order valence-electron chi connectivity index (χ2n) is 3.83. The van der Waals surface area contributed by atoms with Crippen LogP contribution in [0.1, 0.15) is 15.9 Å². The van der Waals surface area contributed by atoms with Crippen LogP contribution in [-0.4, -0.2) is 21.7 Å². The summed E-state index contributed by atoms with van der Waals surface area (Å²) in [6.45, 7) is 0. The lowest BCUT2D eigenvalue weighted by Crippen LogP contribution is -2.02. The van der Waals surface area contributed by atoms with E-state index in [2.05, 4.69) is 0 Å². The summed E-state index contributed by atoms with van der Waals surface area (Å²) in [6.07, 6.45) is 0. The molecule has 19 heavy (non-hydrogen) atoms. The van der Waals surface area contributed by atoms with Crippen molar-refractivity contribution in [2.75, 3.05) is 7.11 Å². The van der Waals surface area contributed by atoms with Crippen LogP contribution in [0.4, 0.5) is 0 Å². The second kappa shape index (κ2) is 5.77. The van der Waals surface area contributed by atoms with Crippen LogP contribution in [0.25, 0.3) is 0 Å². The Bertz CT molecular complexity index is 620. The Balaban J connectivity index is 2.32. The monoisotopic (exact) mass is 276 g/mol. The Morgan fingerprint density at radius 2 is 1.79 bits per heavy atom. The van der Waals surface area contributed by atoms with E-state index in [4.69, 9.17) is 9.29 Å². The van der Waals surface area contributed by atoms with Gasteiger partial charge in [-0.05, 0) is 36.4 Å². The first-order valence-electron chi connectivity index (χ1n) is 5.51. The van der Waals surface area contributed by atoms with Gasteiger partial charge in [-0.25, -0.2) is 4.21 Å². The highest BCUT2D eigenvalue weighted by Crippen LogP contribution is 2.16. The molecule has 0 aliphatic rings. The van der Waals surface area contributed by atoms with Gasteiger partial charge in [0.2, 0.25) is 0 Å². The van der Waals surface area contributed by atoms with Crippen LogP contribution in [-0.2, 0) is 11.1 Å². The molecule has 0 saturated heterocycles. The van der Waals surface area contributed by atoms with Crippen molar-refractivity contribution in [3.63, 3.8) is 0 Å². The molecule has 1 unspecified atom stereocenters. The van der Waals surface area contributed by atoms with Crippen LogP contribution in [0.15, 0.2) is 53.4 Å². The summed E-state index contributed by atoms with van der Waals surface area (Å²) in [6, 6.07) is 12.8. The van der Waals surface area contributed by atoms with E-state index in [9.17, 15) is 9.00 Å². The van der Waals surface area contributed by atoms with Gasteiger partial charge in [-0.15, -0.1) is 0 Å². The van der Waals surface area contributed by atoms with E-state index < -0.39 is 11.1 Å². The number of ether oxygens (including phenoxy) is 1. The summed E-state index contributed by atoms with van der Waals surface area (Å²) in [4.78, 5) is 12.4. The van der Waals surface area contributed by atoms with Crippen molar-refractivity contribution in [1.82, 2.24) is 0 Å². The van der Waals surface area contributed by atoms with E-state index >= 15 is 0 Å². The molecular weight excluding hydrogens is 264 g/mol. The third-order valence-corrected chi connectivity index (χ3v) is 3.31. The molecule has 98 valence electrons. The lowest BCUT2D eigenvalue weighted by Gasteiger charge is -2.04. The van der Waals surface area contributed by atoms with Gasteiger partial charge in [0.15, 0.2) is 16.9 Å². The quantitative estimate of drug-likeness (QED) is 0.688. The maximum absolute atomic E-state index is 12.2. The standard InChI is InChI=1S/C14H12O4S/c1-18-12-7-5-10(6-8-12)14(15)11-3-2-4-13(9-11)19(16)17/h2-9H,1H3,(H,16,17). The molecule has 2 aromatic rings. The lowest BCUT2D eigenvalue weighted by atomic mass is 10.0. The highest BCUT2D eigenvalue weighted by molar-refractivity contribution is 7.79. The maximum atomic E-state index is 12.2. The van der Waals surface area contributed by atoms with Crippen molar-refractivity contribution in [2.45, 2.75) is 4.90 Å². The van der Waals surface area contributed by atoms with E-state index in [-0.39, 0.29) is 10.7 Å². The van der Waals surface area contributed by atoms with Gasteiger partial charge in [0, 0.05) is 11.1 Å². The van der Waals surface area contributed by atoms with Gasteiger partial charge < -0.3 is 9.29 Å². The zero-order chi connectivity index (χ0) is 13.8. The molecule has 1 atom stereocenters. The van der Waals surface area contributed by atoms with Crippen molar-refractivity contribution in [1.29, 1.82) is 0 Å². The van der Waals surface area contributed by atoms with Crippen LogP contribution in [0.3, 0.4) is 0 Å². The zero-order valence-electron chi connectivity index (χ0n) is 10.2. The third kappa shape index (κ3) is 3.07. The summed E-state index contributed by atoms with van der Waals surface area (Å²) in [5.74, 6) is 0.469. The summed E-state index contributed by atoms with van der Waals surface area (Å²) >= 11 is -2.09. The van der Waals surface area contributed by atoms with Gasteiger partial charge in [-0.2, -0.15) is 0 Å². The molecule has 2 rings (SSSR count). The fourth-order valence-corrected chi connectivity index (χ4v) is 2.08. The maximum Gasteiger partial charge on any atom is 0.193 e. The van der Waals surface area contributed by atoms with Crippen molar-refractivity contribution in [3.05, 3.63) is 59.7 Å². The summed E-state index contributed by atoms with van der Waals surface area (Å²) in [5, 5.41) is 0. The molecule has 0 fully saturated rings. The number of hydrogen-bond acceptors (Lipinski definition) is 3. The Hall–Kier alpha value is -1.98.